The first kappa shape index (κ1) is 9.56. The van der Waals surface area contributed by atoms with Gasteiger partial charge in [-0.15, -0.1) is 0 Å². The van der Waals surface area contributed by atoms with Crippen LogP contribution < -0.4 is 16.5 Å². The summed E-state index contributed by atoms with van der Waals surface area (Å²) in [6.07, 6.45) is -4.79. The van der Waals surface area contributed by atoms with E-state index in [1.165, 1.54) is 0 Å². The molecule has 0 aromatic carbocycles. The predicted molar refractivity (Wildman–Crippen MR) is 36.8 cm³/mol. The number of aromatic nitrogens is 1. The van der Waals surface area contributed by atoms with Crippen molar-refractivity contribution < 1.29 is 22.5 Å². The number of aromatic amines is 1. The Kier molecular flexibility index (Phi) is 2.02. The zero-order valence-electron chi connectivity index (χ0n) is 6.24. The van der Waals surface area contributed by atoms with Crippen molar-refractivity contribution in [3.8, 4) is 0 Å². The lowest BCUT2D eigenvalue weighted by Gasteiger charge is -2.07. The molecule has 0 aliphatic heterocycles. The van der Waals surface area contributed by atoms with Crippen molar-refractivity contribution in [1.29, 1.82) is 0 Å². The molecule has 0 radical (unpaired) electrons. The highest BCUT2D eigenvalue weighted by molar-refractivity contribution is 5.38. The van der Waals surface area contributed by atoms with E-state index in [1.807, 2.05) is 4.98 Å². The summed E-state index contributed by atoms with van der Waals surface area (Å²) in [4.78, 5) is 2.03. The first-order chi connectivity index (χ1) is 5.82. The molecule has 0 aliphatic carbocycles. The number of H-pyrrole nitrogens is 1. The molecule has 0 bridgehead atoms. The Labute approximate surface area is 70.4 Å². The number of nitrogens with one attached hydrogen (secondary N) is 1. The van der Waals surface area contributed by atoms with Crippen LogP contribution in [0.25, 0.3) is 0 Å². The summed E-state index contributed by atoms with van der Waals surface area (Å²) in [6, 6.07) is 0.450. The summed E-state index contributed by atoms with van der Waals surface area (Å²) in [5.74, 6) is -2.61. The maximum atomic E-state index is 12.7. The Bertz CT molecular complexity index is 333. The Balaban J connectivity index is 3.37. The highest BCUT2D eigenvalue weighted by atomic mass is 19.4. The van der Waals surface area contributed by atoms with Crippen LogP contribution in [0.15, 0.2) is 6.07 Å². The van der Waals surface area contributed by atoms with Crippen LogP contribution in [0.5, 0.6) is 0 Å². The molecule has 7 heteroatoms. The fourth-order valence-electron chi connectivity index (χ4n) is 0.817. The van der Waals surface area contributed by atoms with E-state index in [2.05, 4.69) is 0 Å². The smallest absolute Gasteiger partial charge is 0.319 e. The number of nitrogens with two attached hydrogens (primary N) is 2. The molecule has 1 aromatic heterocycles. The zero-order valence-corrected chi connectivity index (χ0v) is 6.24. The number of alkyl halides is 3. The number of halogens is 4. The third-order valence-corrected chi connectivity index (χ3v) is 1.36. The van der Waals surface area contributed by atoms with Crippen molar-refractivity contribution in [3.63, 3.8) is 0 Å². The first-order valence-corrected chi connectivity index (χ1v) is 3.16. The fraction of sp³-hybridized carbons (Fsp3) is 0.167. The lowest BCUT2D eigenvalue weighted by molar-refractivity contribution is -0.345. The number of hydrogen-bond donors (Lipinski definition) is 2. The van der Waals surface area contributed by atoms with Crippen molar-refractivity contribution >= 4 is 11.6 Å². The standard InChI is InChI=1S/C6H5F4N3/c7-4-2(6(8,9)10)1-3(11)13-5(4)12/h1H,(H4,11,12,13)/p+1. The number of hydrogen-bond acceptors (Lipinski definition) is 2. The fourth-order valence-corrected chi connectivity index (χ4v) is 0.817. The van der Waals surface area contributed by atoms with Gasteiger partial charge in [0.2, 0.25) is 11.6 Å². The quantitative estimate of drug-likeness (QED) is 0.603. The molecule has 0 unspecified atom stereocenters. The SMILES string of the molecule is Nc1cc(C(F)(F)F)c(F)c(N)[nH+]1. The summed E-state index contributed by atoms with van der Waals surface area (Å²) >= 11 is 0. The molecule has 72 valence electrons. The Morgan fingerprint density at radius 2 is 1.77 bits per heavy atom. The van der Waals surface area contributed by atoms with Gasteiger partial charge in [-0.2, -0.15) is 17.6 Å². The minimum Gasteiger partial charge on any atom is -0.319 e. The molecule has 1 rings (SSSR count). The maximum absolute atomic E-state index is 12.7. The highest BCUT2D eigenvalue weighted by Gasteiger charge is 2.36. The highest BCUT2D eigenvalue weighted by Crippen LogP contribution is 2.32. The van der Waals surface area contributed by atoms with Crippen molar-refractivity contribution in [1.82, 2.24) is 0 Å². The van der Waals surface area contributed by atoms with Crippen LogP contribution in [-0.4, -0.2) is 0 Å². The van der Waals surface area contributed by atoms with Gasteiger partial charge in [-0.3, -0.25) is 0 Å². The molecule has 13 heavy (non-hydrogen) atoms. The number of nitrogen functional groups attached to an aromatic ring is 2. The van der Waals surface area contributed by atoms with Crippen LogP contribution in [0.2, 0.25) is 0 Å². The van der Waals surface area contributed by atoms with Crippen LogP contribution in [0.1, 0.15) is 5.56 Å². The summed E-state index contributed by atoms with van der Waals surface area (Å²) in [5, 5.41) is 0. The number of rotatable bonds is 0. The summed E-state index contributed by atoms with van der Waals surface area (Å²) in [7, 11) is 0. The Hall–Kier alpha value is -1.53. The lowest BCUT2D eigenvalue weighted by atomic mass is 10.2. The molecule has 0 saturated heterocycles. The second kappa shape index (κ2) is 2.75. The minimum atomic E-state index is -4.79. The lowest BCUT2D eigenvalue weighted by Crippen LogP contribution is -2.22. The third-order valence-electron chi connectivity index (χ3n) is 1.36. The van der Waals surface area contributed by atoms with E-state index in [4.69, 9.17) is 11.5 Å². The van der Waals surface area contributed by atoms with Gasteiger partial charge < -0.3 is 11.5 Å². The van der Waals surface area contributed by atoms with Gasteiger partial charge in [0.25, 0.3) is 5.82 Å². The molecule has 1 heterocycles. The molecule has 0 spiro atoms. The van der Waals surface area contributed by atoms with Gasteiger partial charge in [0.1, 0.15) is 5.56 Å². The molecular formula is C6H6F4N3+. The van der Waals surface area contributed by atoms with Gasteiger partial charge in [-0.1, -0.05) is 0 Å². The predicted octanol–water partition coefficient (Wildman–Crippen LogP) is 0.823. The zero-order chi connectivity index (χ0) is 10.2. The molecule has 0 saturated carbocycles. The van der Waals surface area contributed by atoms with E-state index < -0.39 is 23.4 Å². The second-order valence-electron chi connectivity index (χ2n) is 2.36. The monoisotopic (exact) mass is 196 g/mol. The largest absolute Gasteiger partial charge is 0.419 e. The minimum absolute atomic E-state index is 0.341. The van der Waals surface area contributed by atoms with Gasteiger partial charge in [0.15, 0.2) is 0 Å². The molecular weight excluding hydrogens is 190 g/mol. The molecule has 1 aromatic rings. The van der Waals surface area contributed by atoms with Gasteiger partial charge in [0, 0.05) is 6.07 Å². The normalized spacial score (nSPS) is 11.7. The Morgan fingerprint density at radius 1 is 1.23 bits per heavy atom. The molecule has 3 nitrogen and oxygen atoms in total. The topological polar surface area (TPSA) is 66.2 Å². The molecule has 0 amide bonds. The van der Waals surface area contributed by atoms with Crippen molar-refractivity contribution in [2.75, 3.05) is 11.5 Å². The summed E-state index contributed by atoms with van der Waals surface area (Å²) in [6.45, 7) is 0. The van der Waals surface area contributed by atoms with Crippen LogP contribution in [0.3, 0.4) is 0 Å². The summed E-state index contributed by atoms with van der Waals surface area (Å²) < 4.78 is 48.9. The van der Waals surface area contributed by atoms with Crippen LogP contribution >= 0.6 is 0 Å². The van der Waals surface area contributed by atoms with Gasteiger partial charge in [0.05, 0.1) is 0 Å². The molecule has 0 atom stereocenters. The van der Waals surface area contributed by atoms with Gasteiger partial charge >= 0.3 is 6.18 Å². The maximum Gasteiger partial charge on any atom is 0.419 e. The van der Waals surface area contributed by atoms with E-state index in [-0.39, 0.29) is 5.82 Å². The Morgan fingerprint density at radius 3 is 2.23 bits per heavy atom. The molecule has 0 aliphatic rings. The van der Waals surface area contributed by atoms with E-state index in [9.17, 15) is 17.6 Å². The van der Waals surface area contributed by atoms with Crippen LogP contribution in [-0.2, 0) is 6.18 Å². The van der Waals surface area contributed by atoms with Crippen LogP contribution in [0, 0.1) is 5.82 Å². The van der Waals surface area contributed by atoms with Crippen molar-refractivity contribution in [2.45, 2.75) is 6.18 Å². The van der Waals surface area contributed by atoms with E-state index in [1.54, 1.807) is 0 Å². The van der Waals surface area contributed by atoms with Crippen molar-refractivity contribution in [3.05, 3.63) is 17.4 Å². The van der Waals surface area contributed by atoms with Crippen LogP contribution in [0.4, 0.5) is 29.2 Å². The van der Waals surface area contributed by atoms with E-state index in [0.717, 1.165) is 0 Å². The summed E-state index contributed by atoms with van der Waals surface area (Å²) in [5.41, 5.74) is 8.46. The average molecular weight is 196 g/mol. The average Bonchev–Trinajstić information content (AvgIpc) is 1.94. The van der Waals surface area contributed by atoms with E-state index in [0.29, 0.717) is 6.07 Å². The number of pyridine rings is 1. The third kappa shape index (κ3) is 1.79. The van der Waals surface area contributed by atoms with Gasteiger partial charge in [-0.05, 0) is 0 Å². The molecule has 5 N–H and O–H groups in total. The number of anilines is 2. The van der Waals surface area contributed by atoms with Gasteiger partial charge in [-0.25, -0.2) is 4.98 Å². The second-order valence-corrected chi connectivity index (χ2v) is 2.36. The molecule has 0 fully saturated rings. The van der Waals surface area contributed by atoms with Crippen molar-refractivity contribution in [2.24, 2.45) is 0 Å². The van der Waals surface area contributed by atoms with E-state index >= 15 is 0 Å². The first-order valence-electron chi connectivity index (χ1n) is 3.16.